The summed E-state index contributed by atoms with van der Waals surface area (Å²) in [6, 6.07) is 0. The SMILES string of the molecule is CC(=O)NC/N=C\N(C)C. The molecule has 0 radical (unpaired) electrons. The number of aliphatic imine (C=N–C) groups is 1. The van der Waals surface area contributed by atoms with Gasteiger partial charge in [0.05, 0.1) is 6.34 Å². The molecule has 0 aromatic heterocycles. The summed E-state index contributed by atoms with van der Waals surface area (Å²) in [5, 5.41) is 2.54. The van der Waals surface area contributed by atoms with Crippen LogP contribution in [0.1, 0.15) is 6.92 Å². The monoisotopic (exact) mass is 143 g/mol. The summed E-state index contributed by atoms with van der Waals surface area (Å²) in [4.78, 5) is 16.0. The molecule has 10 heavy (non-hydrogen) atoms. The van der Waals surface area contributed by atoms with Crippen LogP contribution in [0.15, 0.2) is 4.99 Å². The van der Waals surface area contributed by atoms with Crippen molar-refractivity contribution in [1.29, 1.82) is 0 Å². The average Bonchev–Trinajstić information content (AvgIpc) is 1.79. The molecule has 0 unspecified atom stereocenters. The second-order valence-corrected chi connectivity index (χ2v) is 2.15. The van der Waals surface area contributed by atoms with Crippen LogP contribution < -0.4 is 5.32 Å². The molecule has 0 fully saturated rings. The number of rotatable bonds is 3. The molecule has 1 amide bonds. The molecule has 0 aliphatic carbocycles. The number of hydrogen-bond acceptors (Lipinski definition) is 2. The molecule has 0 saturated carbocycles. The summed E-state index contributed by atoms with van der Waals surface area (Å²) < 4.78 is 0. The highest BCUT2D eigenvalue weighted by molar-refractivity contribution is 5.72. The second kappa shape index (κ2) is 4.78. The van der Waals surface area contributed by atoms with Gasteiger partial charge < -0.3 is 10.2 Å². The number of carbonyl (C=O) groups is 1. The number of nitrogens with one attached hydrogen (secondary N) is 1. The maximum atomic E-state index is 10.3. The highest BCUT2D eigenvalue weighted by Crippen LogP contribution is 1.67. The zero-order valence-electron chi connectivity index (χ0n) is 6.59. The van der Waals surface area contributed by atoms with Gasteiger partial charge in [-0.1, -0.05) is 0 Å². The molecule has 4 heteroatoms. The Morgan fingerprint density at radius 3 is 2.70 bits per heavy atom. The highest BCUT2D eigenvalue weighted by Gasteiger charge is 1.84. The molecule has 0 aromatic rings. The van der Waals surface area contributed by atoms with Gasteiger partial charge in [-0.3, -0.25) is 9.79 Å². The van der Waals surface area contributed by atoms with E-state index in [1.807, 2.05) is 19.0 Å². The molecule has 0 saturated heterocycles. The summed E-state index contributed by atoms with van der Waals surface area (Å²) in [7, 11) is 3.74. The van der Waals surface area contributed by atoms with Crippen LogP contribution in [0.25, 0.3) is 0 Å². The van der Waals surface area contributed by atoms with Crippen molar-refractivity contribution in [3.8, 4) is 0 Å². The first-order chi connectivity index (χ1) is 4.63. The van der Waals surface area contributed by atoms with Crippen molar-refractivity contribution in [3.63, 3.8) is 0 Å². The second-order valence-electron chi connectivity index (χ2n) is 2.15. The molecule has 0 aliphatic heterocycles. The molecule has 4 nitrogen and oxygen atoms in total. The maximum absolute atomic E-state index is 10.3. The number of hydrogen-bond donors (Lipinski definition) is 1. The highest BCUT2D eigenvalue weighted by atomic mass is 16.1. The van der Waals surface area contributed by atoms with E-state index in [2.05, 4.69) is 10.3 Å². The lowest BCUT2D eigenvalue weighted by atomic mass is 10.7. The third-order valence-corrected chi connectivity index (χ3v) is 0.732. The minimum atomic E-state index is -0.0593. The Morgan fingerprint density at radius 2 is 2.30 bits per heavy atom. The lowest BCUT2D eigenvalue weighted by Gasteiger charge is -2.01. The Kier molecular flexibility index (Phi) is 4.28. The van der Waals surface area contributed by atoms with Gasteiger partial charge in [0.15, 0.2) is 0 Å². The molecule has 0 spiro atoms. The van der Waals surface area contributed by atoms with Crippen molar-refractivity contribution in [3.05, 3.63) is 0 Å². The molecule has 0 bridgehead atoms. The van der Waals surface area contributed by atoms with Crippen molar-refractivity contribution < 1.29 is 4.79 Å². The van der Waals surface area contributed by atoms with Gasteiger partial charge in [-0.15, -0.1) is 0 Å². The average molecular weight is 143 g/mol. The molecule has 0 atom stereocenters. The summed E-state index contributed by atoms with van der Waals surface area (Å²) >= 11 is 0. The predicted molar refractivity (Wildman–Crippen MR) is 40.9 cm³/mol. The van der Waals surface area contributed by atoms with Gasteiger partial charge in [0, 0.05) is 21.0 Å². The zero-order valence-corrected chi connectivity index (χ0v) is 6.59. The number of amides is 1. The van der Waals surface area contributed by atoms with Crippen LogP contribution in [0.2, 0.25) is 0 Å². The fraction of sp³-hybridized carbons (Fsp3) is 0.667. The third-order valence-electron chi connectivity index (χ3n) is 0.732. The Balaban J connectivity index is 3.27. The summed E-state index contributed by atoms with van der Waals surface area (Å²) in [6.45, 7) is 1.82. The third kappa shape index (κ3) is 6.94. The van der Waals surface area contributed by atoms with E-state index in [0.29, 0.717) is 6.67 Å². The molecule has 0 aliphatic rings. The van der Waals surface area contributed by atoms with E-state index in [1.165, 1.54) is 6.92 Å². The van der Waals surface area contributed by atoms with Crippen molar-refractivity contribution >= 4 is 12.2 Å². The predicted octanol–water partition coefficient (Wildman–Crippen LogP) is -0.330. The largest absolute Gasteiger partial charge is 0.369 e. The van der Waals surface area contributed by atoms with Gasteiger partial charge in [0.2, 0.25) is 5.91 Å². The maximum Gasteiger partial charge on any atom is 0.218 e. The Labute approximate surface area is 60.9 Å². The van der Waals surface area contributed by atoms with Crippen LogP contribution >= 0.6 is 0 Å². The molecule has 0 heterocycles. The van der Waals surface area contributed by atoms with Crippen LogP contribution in [-0.2, 0) is 4.79 Å². The van der Waals surface area contributed by atoms with E-state index in [-0.39, 0.29) is 5.91 Å². The fourth-order valence-electron chi connectivity index (χ4n) is 0.361. The Hall–Kier alpha value is -1.06. The first-order valence-electron chi connectivity index (χ1n) is 3.03. The standard InChI is InChI=1S/C6H13N3O/c1-6(10)8-4-7-5-9(2)3/h5H,4H2,1-3H3,(H,8,10)/b7-5-. The van der Waals surface area contributed by atoms with Crippen molar-refractivity contribution in [2.75, 3.05) is 20.8 Å². The van der Waals surface area contributed by atoms with E-state index in [1.54, 1.807) is 6.34 Å². The van der Waals surface area contributed by atoms with Gasteiger partial charge >= 0.3 is 0 Å². The van der Waals surface area contributed by atoms with Crippen LogP contribution in [-0.4, -0.2) is 37.9 Å². The molecule has 58 valence electrons. The van der Waals surface area contributed by atoms with E-state index in [0.717, 1.165) is 0 Å². The van der Waals surface area contributed by atoms with Crippen molar-refractivity contribution in [2.24, 2.45) is 4.99 Å². The van der Waals surface area contributed by atoms with E-state index in [9.17, 15) is 4.79 Å². The van der Waals surface area contributed by atoms with Crippen LogP contribution in [0.5, 0.6) is 0 Å². The lowest BCUT2D eigenvalue weighted by Crippen LogP contribution is -2.20. The topological polar surface area (TPSA) is 44.7 Å². The summed E-state index contributed by atoms with van der Waals surface area (Å²) in [6.07, 6.45) is 1.65. The van der Waals surface area contributed by atoms with Gasteiger partial charge in [-0.25, -0.2) is 0 Å². The minimum absolute atomic E-state index is 0.0593. The normalized spacial score (nSPS) is 9.90. The molecular weight excluding hydrogens is 130 g/mol. The minimum Gasteiger partial charge on any atom is -0.369 e. The van der Waals surface area contributed by atoms with Crippen LogP contribution in [0, 0.1) is 0 Å². The number of carbonyl (C=O) groups excluding carboxylic acids is 1. The molecule has 1 N–H and O–H groups in total. The van der Waals surface area contributed by atoms with Gasteiger partial charge in [-0.05, 0) is 0 Å². The zero-order chi connectivity index (χ0) is 7.98. The summed E-state index contributed by atoms with van der Waals surface area (Å²) in [5.74, 6) is -0.0593. The van der Waals surface area contributed by atoms with E-state index < -0.39 is 0 Å². The fourth-order valence-corrected chi connectivity index (χ4v) is 0.361. The Morgan fingerprint density at radius 1 is 1.70 bits per heavy atom. The lowest BCUT2D eigenvalue weighted by molar-refractivity contribution is -0.118. The summed E-state index contributed by atoms with van der Waals surface area (Å²) in [5.41, 5.74) is 0. The van der Waals surface area contributed by atoms with E-state index in [4.69, 9.17) is 0 Å². The molecule has 0 aromatic carbocycles. The molecular formula is C6H13N3O. The van der Waals surface area contributed by atoms with Gasteiger partial charge in [0.1, 0.15) is 6.67 Å². The Bertz CT molecular complexity index is 131. The van der Waals surface area contributed by atoms with Crippen LogP contribution in [0.3, 0.4) is 0 Å². The van der Waals surface area contributed by atoms with E-state index >= 15 is 0 Å². The number of nitrogens with zero attached hydrogens (tertiary/aromatic N) is 2. The quantitative estimate of drug-likeness (QED) is 0.434. The van der Waals surface area contributed by atoms with Gasteiger partial charge in [0.25, 0.3) is 0 Å². The van der Waals surface area contributed by atoms with Crippen LogP contribution in [0.4, 0.5) is 0 Å². The first kappa shape index (κ1) is 8.94. The van der Waals surface area contributed by atoms with Crippen molar-refractivity contribution in [2.45, 2.75) is 6.92 Å². The smallest absolute Gasteiger partial charge is 0.218 e. The molecule has 0 rings (SSSR count). The van der Waals surface area contributed by atoms with Gasteiger partial charge in [-0.2, -0.15) is 0 Å². The first-order valence-corrected chi connectivity index (χ1v) is 3.03. The van der Waals surface area contributed by atoms with Crippen molar-refractivity contribution in [1.82, 2.24) is 10.2 Å².